The summed E-state index contributed by atoms with van der Waals surface area (Å²) in [6, 6.07) is 0. The first-order chi connectivity index (χ1) is 8.04. The average molecular weight is 240 g/mol. The van der Waals surface area contributed by atoms with Crippen molar-refractivity contribution in [2.75, 3.05) is 13.2 Å². The van der Waals surface area contributed by atoms with E-state index in [1.54, 1.807) is 0 Å². The molecule has 4 heteroatoms. The van der Waals surface area contributed by atoms with Crippen molar-refractivity contribution in [1.29, 1.82) is 0 Å². The summed E-state index contributed by atoms with van der Waals surface area (Å²) >= 11 is 0. The van der Waals surface area contributed by atoms with E-state index in [9.17, 15) is 4.79 Å². The Labute approximate surface area is 102 Å². The van der Waals surface area contributed by atoms with E-state index < -0.39 is 11.2 Å². The van der Waals surface area contributed by atoms with Gasteiger partial charge in [0.05, 0.1) is 18.6 Å². The van der Waals surface area contributed by atoms with Crippen molar-refractivity contribution in [3.05, 3.63) is 12.7 Å². The molecule has 2 aliphatic rings. The molecule has 0 aromatic carbocycles. The predicted octanol–water partition coefficient (Wildman–Crippen LogP) is 2.04. The van der Waals surface area contributed by atoms with E-state index in [2.05, 4.69) is 6.58 Å². The fourth-order valence-electron chi connectivity index (χ4n) is 2.91. The van der Waals surface area contributed by atoms with Crippen molar-refractivity contribution in [2.24, 2.45) is 5.41 Å². The average Bonchev–Trinajstić information content (AvgIpc) is 2.75. The fourth-order valence-corrected chi connectivity index (χ4v) is 2.91. The van der Waals surface area contributed by atoms with Crippen molar-refractivity contribution in [3.63, 3.8) is 0 Å². The Kier molecular flexibility index (Phi) is 3.27. The quantitative estimate of drug-likeness (QED) is 0.547. The van der Waals surface area contributed by atoms with Gasteiger partial charge in [-0.15, -0.1) is 6.58 Å². The second-order valence-electron chi connectivity index (χ2n) is 4.93. The Morgan fingerprint density at radius 2 is 2.12 bits per heavy atom. The minimum absolute atomic E-state index is 0.218. The van der Waals surface area contributed by atoms with Crippen LogP contribution in [-0.2, 0) is 19.0 Å². The van der Waals surface area contributed by atoms with Gasteiger partial charge in [0.1, 0.15) is 6.10 Å². The van der Waals surface area contributed by atoms with E-state index in [0.717, 1.165) is 19.3 Å². The summed E-state index contributed by atoms with van der Waals surface area (Å²) < 4.78 is 17.0. The lowest BCUT2D eigenvalue weighted by molar-refractivity contribution is -0.264. The molecule has 96 valence electrons. The number of hydrogen-bond acceptors (Lipinski definition) is 4. The SMILES string of the molecule is C=C[C@@]1(C)[C@@H](OC(C)=O)CCCC12OCCO2. The lowest BCUT2D eigenvalue weighted by atomic mass is 9.68. The molecule has 1 saturated heterocycles. The summed E-state index contributed by atoms with van der Waals surface area (Å²) in [4.78, 5) is 11.2. The number of ether oxygens (including phenoxy) is 3. The lowest BCUT2D eigenvalue weighted by Crippen LogP contribution is -2.56. The van der Waals surface area contributed by atoms with E-state index in [4.69, 9.17) is 14.2 Å². The van der Waals surface area contributed by atoms with Crippen LogP contribution < -0.4 is 0 Å². The summed E-state index contributed by atoms with van der Waals surface area (Å²) in [6.07, 6.45) is 4.18. The molecule has 0 radical (unpaired) electrons. The van der Waals surface area contributed by atoms with Crippen LogP contribution in [-0.4, -0.2) is 31.1 Å². The van der Waals surface area contributed by atoms with Crippen LogP contribution in [0.1, 0.15) is 33.1 Å². The molecule has 0 aromatic heterocycles. The molecule has 1 heterocycles. The van der Waals surface area contributed by atoms with E-state index in [0.29, 0.717) is 13.2 Å². The largest absolute Gasteiger partial charge is 0.461 e. The van der Waals surface area contributed by atoms with Crippen LogP contribution in [0.3, 0.4) is 0 Å². The monoisotopic (exact) mass is 240 g/mol. The molecule has 1 aliphatic heterocycles. The van der Waals surface area contributed by atoms with Crippen molar-refractivity contribution in [3.8, 4) is 0 Å². The normalized spacial score (nSPS) is 35.8. The number of esters is 1. The Bertz CT molecular complexity index is 319. The molecular weight excluding hydrogens is 220 g/mol. The standard InChI is InChI=1S/C13H20O4/c1-4-12(3)11(17-10(2)14)6-5-7-13(12)15-8-9-16-13/h4,11H,1,5-9H2,2-3H3/t11-,12-/m0/s1. The van der Waals surface area contributed by atoms with Gasteiger partial charge in [-0.05, 0) is 19.8 Å². The minimum atomic E-state index is -0.660. The molecule has 4 nitrogen and oxygen atoms in total. The van der Waals surface area contributed by atoms with Crippen LogP contribution in [0, 0.1) is 5.41 Å². The highest BCUT2D eigenvalue weighted by molar-refractivity contribution is 5.66. The van der Waals surface area contributed by atoms with Gasteiger partial charge < -0.3 is 14.2 Å². The van der Waals surface area contributed by atoms with E-state index in [1.165, 1.54) is 6.92 Å². The minimum Gasteiger partial charge on any atom is -0.461 e. The molecule has 2 fully saturated rings. The first-order valence-corrected chi connectivity index (χ1v) is 6.13. The van der Waals surface area contributed by atoms with Gasteiger partial charge in [-0.1, -0.05) is 6.08 Å². The molecule has 0 N–H and O–H groups in total. The Morgan fingerprint density at radius 1 is 1.47 bits per heavy atom. The summed E-state index contributed by atoms with van der Waals surface area (Å²) in [5.41, 5.74) is -0.479. The zero-order valence-corrected chi connectivity index (χ0v) is 10.5. The first-order valence-electron chi connectivity index (χ1n) is 6.13. The van der Waals surface area contributed by atoms with E-state index >= 15 is 0 Å². The van der Waals surface area contributed by atoms with E-state index in [-0.39, 0.29) is 12.1 Å². The van der Waals surface area contributed by atoms with Crippen LogP contribution in [0.5, 0.6) is 0 Å². The molecule has 1 saturated carbocycles. The van der Waals surface area contributed by atoms with Crippen LogP contribution >= 0.6 is 0 Å². The van der Waals surface area contributed by atoms with Crippen molar-refractivity contribution in [2.45, 2.75) is 45.0 Å². The summed E-state index contributed by atoms with van der Waals surface area (Å²) in [5, 5.41) is 0. The van der Waals surface area contributed by atoms with Gasteiger partial charge in [-0.25, -0.2) is 0 Å². The van der Waals surface area contributed by atoms with Gasteiger partial charge in [0, 0.05) is 13.3 Å². The highest BCUT2D eigenvalue weighted by Gasteiger charge is 2.58. The molecule has 1 aliphatic carbocycles. The van der Waals surface area contributed by atoms with Crippen molar-refractivity contribution in [1.82, 2.24) is 0 Å². The molecule has 2 atom stereocenters. The molecular formula is C13H20O4. The maximum Gasteiger partial charge on any atom is 0.302 e. The lowest BCUT2D eigenvalue weighted by Gasteiger charge is -2.49. The zero-order valence-electron chi connectivity index (χ0n) is 10.5. The summed E-state index contributed by atoms with van der Waals surface area (Å²) in [5.74, 6) is -0.925. The van der Waals surface area contributed by atoms with Crippen LogP contribution in [0.2, 0.25) is 0 Å². The number of hydrogen-bond donors (Lipinski definition) is 0. The highest BCUT2D eigenvalue weighted by atomic mass is 16.7. The fraction of sp³-hybridized carbons (Fsp3) is 0.769. The number of carbonyl (C=O) groups excluding carboxylic acids is 1. The van der Waals surface area contributed by atoms with Gasteiger partial charge in [0.15, 0.2) is 5.79 Å². The second-order valence-corrected chi connectivity index (χ2v) is 4.93. The Morgan fingerprint density at radius 3 is 2.65 bits per heavy atom. The third-order valence-corrected chi connectivity index (χ3v) is 3.95. The molecule has 0 bridgehead atoms. The van der Waals surface area contributed by atoms with Crippen LogP contribution in [0.15, 0.2) is 12.7 Å². The molecule has 0 unspecified atom stereocenters. The van der Waals surface area contributed by atoms with Gasteiger partial charge >= 0.3 is 5.97 Å². The molecule has 1 spiro atoms. The van der Waals surface area contributed by atoms with Gasteiger partial charge in [0.25, 0.3) is 0 Å². The molecule has 0 amide bonds. The summed E-state index contributed by atoms with van der Waals surface area (Å²) in [6.45, 7) is 8.50. The second kappa shape index (κ2) is 4.42. The molecule has 17 heavy (non-hydrogen) atoms. The van der Waals surface area contributed by atoms with Gasteiger partial charge in [0.2, 0.25) is 0 Å². The van der Waals surface area contributed by atoms with Crippen molar-refractivity contribution >= 4 is 5.97 Å². The smallest absolute Gasteiger partial charge is 0.302 e. The molecule has 2 rings (SSSR count). The summed E-state index contributed by atoms with van der Waals surface area (Å²) in [7, 11) is 0. The predicted molar refractivity (Wildman–Crippen MR) is 62.3 cm³/mol. The highest BCUT2D eigenvalue weighted by Crippen LogP contribution is 2.51. The van der Waals surface area contributed by atoms with Gasteiger partial charge in [-0.3, -0.25) is 4.79 Å². The zero-order chi connectivity index (χ0) is 12.5. The van der Waals surface area contributed by atoms with Crippen LogP contribution in [0.4, 0.5) is 0 Å². The topological polar surface area (TPSA) is 44.8 Å². The van der Waals surface area contributed by atoms with E-state index in [1.807, 2.05) is 13.0 Å². The van der Waals surface area contributed by atoms with Gasteiger partial charge in [-0.2, -0.15) is 0 Å². The maximum absolute atomic E-state index is 11.2. The third kappa shape index (κ3) is 1.89. The first kappa shape index (κ1) is 12.6. The van der Waals surface area contributed by atoms with Crippen LogP contribution in [0.25, 0.3) is 0 Å². The Balaban J connectivity index is 2.28. The van der Waals surface area contributed by atoms with Crippen molar-refractivity contribution < 1.29 is 19.0 Å². The number of carbonyl (C=O) groups is 1. The number of rotatable bonds is 2. The molecule has 0 aromatic rings. The maximum atomic E-state index is 11.2. The Hall–Kier alpha value is -0.870. The third-order valence-electron chi connectivity index (χ3n) is 3.95.